The van der Waals surface area contributed by atoms with Gasteiger partial charge in [-0.1, -0.05) is 24.3 Å². The van der Waals surface area contributed by atoms with Crippen LogP contribution >= 0.6 is 0 Å². The number of carbonyl (C=O) groups is 3. The molecule has 4 amide bonds. The number of hydrogen-bond donors (Lipinski definition) is 2. The largest absolute Gasteiger partial charge is 0.354 e. The second-order valence-corrected chi connectivity index (χ2v) is 7.78. The lowest BCUT2D eigenvalue weighted by Gasteiger charge is -2.33. The molecule has 0 bridgehead atoms. The summed E-state index contributed by atoms with van der Waals surface area (Å²) >= 11 is 0. The molecule has 2 aliphatic heterocycles. The number of nitrogens with zero attached hydrogens (tertiary/aromatic N) is 3. The Hall–Kier alpha value is -4.01. The number of nitrogens with one attached hydrogen (secondary N) is 2. The first-order valence-electron chi connectivity index (χ1n) is 10.6. The Morgan fingerprint density at radius 3 is 2.73 bits per heavy atom. The highest BCUT2D eigenvalue weighted by Crippen LogP contribution is 2.36. The first-order valence-corrected chi connectivity index (χ1v) is 10.6. The van der Waals surface area contributed by atoms with Gasteiger partial charge in [-0.05, 0) is 29.8 Å². The van der Waals surface area contributed by atoms with Gasteiger partial charge in [-0.15, -0.1) is 6.58 Å². The van der Waals surface area contributed by atoms with Crippen molar-refractivity contribution in [3.8, 4) is 0 Å². The summed E-state index contributed by atoms with van der Waals surface area (Å²) in [4.78, 5) is 45.6. The van der Waals surface area contributed by atoms with E-state index in [1.54, 1.807) is 12.3 Å². The number of hydrogen-bond acceptors (Lipinski definition) is 4. The van der Waals surface area contributed by atoms with Gasteiger partial charge in [0, 0.05) is 31.4 Å². The number of urea groups is 1. The number of benzene rings is 1. The summed E-state index contributed by atoms with van der Waals surface area (Å²) in [6, 6.07) is 10.1. The fourth-order valence-corrected chi connectivity index (χ4v) is 4.01. The Balaban J connectivity index is 1.48. The third kappa shape index (κ3) is 4.77. The molecule has 2 aromatic rings. The molecule has 0 unspecified atom stereocenters. The van der Waals surface area contributed by atoms with Gasteiger partial charge in [-0.25, -0.2) is 9.18 Å². The number of rotatable bonds is 8. The van der Waals surface area contributed by atoms with Crippen molar-refractivity contribution in [2.45, 2.75) is 12.5 Å². The van der Waals surface area contributed by atoms with E-state index in [0.29, 0.717) is 29.8 Å². The molecule has 1 atom stereocenters. The lowest BCUT2D eigenvalue weighted by Crippen LogP contribution is -2.47. The van der Waals surface area contributed by atoms with Crippen LogP contribution in [0.4, 0.5) is 9.18 Å². The molecule has 0 radical (unpaired) electrons. The van der Waals surface area contributed by atoms with E-state index in [2.05, 4.69) is 22.2 Å². The van der Waals surface area contributed by atoms with Crippen LogP contribution in [0, 0.1) is 5.82 Å². The Morgan fingerprint density at radius 2 is 2.03 bits per heavy atom. The van der Waals surface area contributed by atoms with Gasteiger partial charge in [-0.2, -0.15) is 0 Å². The van der Waals surface area contributed by atoms with Crippen LogP contribution in [-0.2, 0) is 16.0 Å². The molecule has 0 aliphatic carbocycles. The highest BCUT2D eigenvalue weighted by Gasteiger charge is 2.44. The van der Waals surface area contributed by atoms with Crippen LogP contribution in [0.25, 0.3) is 0 Å². The number of aromatic nitrogens is 1. The van der Waals surface area contributed by atoms with Gasteiger partial charge in [0.05, 0.1) is 23.9 Å². The zero-order chi connectivity index (χ0) is 23.4. The maximum absolute atomic E-state index is 13.4. The maximum Gasteiger partial charge on any atom is 0.322 e. The van der Waals surface area contributed by atoms with Crippen molar-refractivity contribution < 1.29 is 18.8 Å². The van der Waals surface area contributed by atoms with Crippen molar-refractivity contribution in [2.75, 3.05) is 26.2 Å². The van der Waals surface area contributed by atoms with Crippen LogP contribution in [0.1, 0.15) is 17.3 Å². The molecule has 0 saturated heterocycles. The average Bonchev–Trinajstić information content (AvgIpc) is 3.12. The summed E-state index contributed by atoms with van der Waals surface area (Å²) in [5.74, 6) is -1.05. The van der Waals surface area contributed by atoms with Gasteiger partial charge in [0.15, 0.2) is 0 Å². The lowest BCUT2D eigenvalue weighted by atomic mass is 9.95. The Labute approximate surface area is 190 Å². The fourth-order valence-electron chi connectivity index (χ4n) is 4.01. The summed E-state index contributed by atoms with van der Waals surface area (Å²) in [7, 11) is 0. The zero-order valence-electron chi connectivity index (χ0n) is 18.0. The van der Waals surface area contributed by atoms with E-state index >= 15 is 0 Å². The molecule has 0 saturated carbocycles. The van der Waals surface area contributed by atoms with Gasteiger partial charge in [-0.3, -0.25) is 19.5 Å². The molecular formula is C24H24FN5O3. The quantitative estimate of drug-likeness (QED) is 0.602. The topological polar surface area (TPSA) is 94.6 Å². The van der Waals surface area contributed by atoms with Crippen molar-refractivity contribution in [1.82, 2.24) is 25.4 Å². The molecule has 8 nitrogen and oxygen atoms in total. The molecular weight excluding hydrogens is 425 g/mol. The lowest BCUT2D eigenvalue weighted by molar-refractivity contribution is -0.131. The third-order valence-corrected chi connectivity index (χ3v) is 5.58. The van der Waals surface area contributed by atoms with Crippen LogP contribution in [-0.4, -0.2) is 58.8 Å². The summed E-state index contributed by atoms with van der Waals surface area (Å²) in [6.45, 7) is 4.28. The van der Waals surface area contributed by atoms with Gasteiger partial charge in [0.25, 0.3) is 5.91 Å². The molecule has 0 fully saturated rings. The molecule has 170 valence electrons. The highest BCUT2D eigenvalue weighted by atomic mass is 19.1. The molecule has 1 aromatic carbocycles. The number of carbonyl (C=O) groups excluding carboxylic acids is 3. The Kier molecular flexibility index (Phi) is 6.48. The summed E-state index contributed by atoms with van der Waals surface area (Å²) < 4.78 is 13.4. The van der Waals surface area contributed by atoms with E-state index in [1.165, 1.54) is 34.1 Å². The van der Waals surface area contributed by atoms with Gasteiger partial charge in [0.1, 0.15) is 12.4 Å². The highest BCUT2D eigenvalue weighted by molar-refractivity contribution is 6.03. The van der Waals surface area contributed by atoms with Crippen molar-refractivity contribution in [1.29, 1.82) is 0 Å². The van der Waals surface area contributed by atoms with Crippen LogP contribution < -0.4 is 10.6 Å². The standard InChI is InChI=1S/C24H24FN5O3/c1-2-13-30-19-14-29(15-20(31)27-12-10-18-5-3-4-11-26-18)23(32)21(19)22(28-24(30)33)16-6-8-17(25)9-7-16/h2-9,11,22H,1,10,12-15H2,(H,27,31)(H,28,33)/t22-/m0/s1. The zero-order valence-corrected chi connectivity index (χ0v) is 18.0. The van der Waals surface area contributed by atoms with Gasteiger partial charge >= 0.3 is 6.03 Å². The number of pyridine rings is 1. The predicted molar refractivity (Wildman–Crippen MR) is 119 cm³/mol. The van der Waals surface area contributed by atoms with Crippen molar-refractivity contribution in [3.63, 3.8) is 0 Å². The van der Waals surface area contributed by atoms with Crippen LogP contribution in [0.5, 0.6) is 0 Å². The Bertz CT molecular complexity index is 1100. The monoisotopic (exact) mass is 449 g/mol. The minimum atomic E-state index is -0.723. The van der Waals surface area contributed by atoms with Gasteiger partial charge in [0.2, 0.25) is 5.91 Å². The van der Waals surface area contributed by atoms with Crippen molar-refractivity contribution >= 4 is 17.8 Å². The molecule has 2 aliphatic rings. The first kappa shape index (κ1) is 22.2. The summed E-state index contributed by atoms with van der Waals surface area (Å²) in [6.07, 6.45) is 3.84. The third-order valence-electron chi connectivity index (χ3n) is 5.58. The van der Waals surface area contributed by atoms with E-state index in [0.717, 1.165) is 5.69 Å². The van der Waals surface area contributed by atoms with E-state index < -0.39 is 11.9 Å². The molecule has 0 spiro atoms. The smallest absolute Gasteiger partial charge is 0.322 e. The molecule has 4 rings (SSSR count). The minimum absolute atomic E-state index is 0.126. The minimum Gasteiger partial charge on any atom is -0.354 e. The molecule has 9 heteroatoms. The van der Waals surface area contributed by atoms with Crippen molar-refractivity contribution in [3.05, 3.63) is 89.7 Å². The van der Waals surface area contributed by atoms with Crippen molar-refractivity contribution in [2.24, 2.45) is 0 Å². The number of amides is 4. The number of halogens is 1. The second-order valence-electron chi connectivity index (χ2n) is 7.78. The first-order chi connectivity index (χ1) is 16.0. The predicted octanol–water partition coefficient (Wildman–Crippen LogP) is 1.93. The molecule has 33 heavy (non-hydrogen) atoms. The SMILES string of the molecule is C=CCN1C(=O)N[C@@H](c2ccc(F)cc2)C2=C1CN(CC(=O)NCCc1ccccn1)C2=O. The van der Waals surface area contributed by atoms with Crippen LogP contribution in [0.15, 0.2) is 72.6 Å². The van der Waals surface area contributed by atoms with E-state index in [-0.39, 0.29) is 37.5 Å². The van der Waals surface area contributed by atoms with Crippen LogP contribution in [0.3, 0.4) is 0 Å². The average molecular weight is 449 g/mol. The van der Waals surface area contributed by atoms with E-state index in [4.69, 9.17) is 0 Å². The fraction of sp³-hybridized carbons (Fsp3) is 0.250. The van der Waals surface area contributed by atoms with E-state index in [9.17, 15) is 18.8 Å². The molecule has 2 N–H and O–H groups in total. The Morgan fingerprint density at radius 1 is 1.24 bits per heavy atom. The second kappa shape index (κ2) is 9.64. The van der Waals surface area contributed by atoms with Crippen LogP contribution in [0.2, 0.25) is 0 Å². The maximum atomic E-state index is 13.4. The van der Waals surface area contributed by atoms with E-state index in [1.807, 2.05) is 18.2 Å². The van der Waals surface area contributed by atoms with Gasteiger partial charge < -0.3 is 15.5 Å². The molecule has 1 aromatic heterocycles. The summed E-state index contributed by atoms with van der Waals surface area (Å²) in [5.41, 5.74) is 2.35. The molecule has 3 heterocycles. The normalized spacial score (nSPS) is 17.7. The summed E-state index contributed by atoms with van der Waals surface area (Å²) in [5, 5.41) is 5.63.